The first-order valence-corrected chi connectivity index (χ1v) is 11.6. The van der Waals surface area contributed by atoms with Gasteiger partial charge in [0.1, 0.15) is 11.4 Å². The lowest BCUT2D eigenvalue weighted by Gasteiger charge is -2.60. The molecule has 0 amide bonds. The maximum Gasteiger partial charge on any atom is 0.139 e. The number of fused-ring (bicyclic) bond motifs is 5. The van der Waals surface area contributed by atoms with Crippen LogP contribution in [-0.2, 0) is 9.63 Å². The van der Waals surface area contributed by atoms with Crippen LogP contribution in [0.2, 0.25) is 0 Å². The van der Waals surface area contributed by atoms with Crippen LogP contribution in [0.15, 0.2) is 11.8 Å². The molecule has 0 aliphatic heterocycles. The van der Waals surface area contributed by atoms with Gasteiger partial charge in [0.2, 0.25) is 0 Å². The predicted octanol–water partition coefficient (Wildman–Crippen LogP) is 3.57. The molecule has 0 aromatic rings. The second-order valence-electron chi connectivity index (χ2n) is 11.4. The molecule has 4 N–H and O–H groups in total. The topological polar surface area (TPSA) is 84.6 Å². The van der Waals surface area contributed by atoms with E-state index in [1.807, 2.05) is 13.8 Å². The first-order chi connectivity index (χ1) is 13.6. The normalized spacial score (nSPS) is 44.6. The molecule has 0 radical (unpaired) electrons. The molecule has 3 fully saturated rings. The number of carbonyl (C=O) groups excluding carboxylic acids is 1. The number of hydrogen-bond donors (Lipinski definition) is 3. The fourth-order valence-corrected chi connectivity index (χ4v) is 7.39. The van der Waals surface area contributed by atoms with E-state index in [-0.39, 0.29) is 23.4 Å². The van der Waals surface area contributed by atoms with Crippen molar-refractivity contribution in [2.75, 3.05) is 13.2 Å². The lowest BCUT2D eigenvalue weighted by molar-refractivity contribution is -0.142. The van der Waals surface area contributed by atoms with Crippen LogP contribution in [0, 0.1) is 40.4 Å². The molecule has 7 atom stereocenters. The largest absolute Gasteiger partial charge is 0.396 e. The minimum Gasteiger partial charge on any atom is -0.396 e. The number of nitrogens with two attached hydrogens (primary N) is 1. The smallest absolute Gasteiger partial charge is 0.139 e. The number of aliphatic hydroxyl groups is 1. The van der Waals surface area contributed by atoms with Gasteiger partial charge in [0, 0.05) is 30.7 Å². The second-order valence-corrected chi connectivity index (χ2v) is 11.4. The van der Waals surface area contributed by atoms with Crippen molar-refractivity contribution in [3.05, 3.63) is 11.8 Å². The van der Waals surface area contributed by atoms with E-state index in [0.717, 1.165) is 50.6 Å². The van der Waals surface area contributed by atoms with Crippen LogP contribution in [0.1, 0.15) is 72.6 Å². The Morgan fingerprint density at radius 1 is 1.24 bits per heavy atom. The van der Waals surface area contributed by atoms with Crippen molar-refractivity contribution in [1.29, 1.82) is 0 Å². The molecule has 0 spiro atoms. The van der Waals surface area contributed by atoms with E-state index < -0.39 is 5.60 Å². The summed E-state index contributed by atoms with van der Waals surface area (Å²) < 4.78 is 0. The third-order valence-electron chi connectivity index (χ3n) is 9.34. The molecule has 29 heavy (non-hydrogen) atoms. The molecule has 164 valence electrons. The van der Waals surface area contributed by atoms with Gasteiger partial charge in [-0.15, -0.1) is 0 Å². The zero-order valence-corrected chi connectivity index (χ0v) is 18.7. The number of rotatable bonds is 5. The summed E-state index contributed by atoms with van der Waals surface area (Å²) >= 11 is 0. The van der Waals surface area contributed by atoms with E-state index in [9.17, 15) is 9.90 Å². The highest BCUT2D eigenvalue weighted by Crippen LogP contribution is 2.66. The Kier molecular flexibility index (Phi) is 5.40. The van der Waals surface area contributed by atoms with Crippen molar-refractivity contribution in [1.82, 2.24) is 5.48 Å². The first kappa shape index (κ1) is 21.3. The Hall–Kier alpha value is -0.910. The number of nitrogens with one attached hydrogen (secondary N) is 1. The maximum atomic E-state index is 12.6. The zero-order valence-electron chi connectivity index (χ0n) is 18.7. The van der Waals surface area contributed by atoms with Gasteiger partial charge in [-0.2, -0.15) is 0 Å². The van der Waals surface area contributed by atoms with Crippen LogP contribution in [-0.4, -0.2) is 29.6 Å². The number of Topliss-reactive ketones (excluding diaryl/α,β-unsaturated/α-hetero) is 1. The van der Waals surface area contributed by atoms with Crippen molar-refractivity contribution in [2.45, 2.75) is 78.2 Å². The molecule has 0 bridgehead atoms. The van der Waals surface area contributed by atoms with Crippen LogP contribution in [0.4, 0.5) is 0 Å². The van der Waals surface area contributed by atoms with E-state index in [1.54, 1.807) is 0 Å². The van der Waals surface area contributed by atoms with E-state index >= 15 is 0 Å². The summed E-state index contributed by atoms with van der Waals surface area (Å²) in [5.41, 5.74) is 9.78. The Bertz CT molecular complexity index is 690. The average molecular weight is 405 g/mol. The van der Waals surface area contributed by atoms with E-state index in [1.165, 1.54) is 0 Å². The number of carbonyl (C=O) groups is 1. The van der Waals surface area contributed by atoms with Gasteiger partial charge in [0.05, 0.1) is 0 Å². The number of hydroxylamine groups is 1. The van der Waals surface area contributed by atoms with Crippen LogP contribution >= 0.6 is 0 Å². The summed E-state index contributed by atoms with van der Waals surface area (Å²) in [5, 5.41) is 10.3. The number of ketones is 1. The SMILES string of the molecule is CC(C)(CN)ONC1=CC2[C@@H](CO)C[C@@H]3[C@H](CC[C@]4(C)C(=O)CC[C@@H]34)[C@@]2(C)CC1. The molecular formula is C24H40N2O3. The fourth-order valence-electron chi connectivity index (χ4n) is 7.39. The van der Waals surface area contributed by atoms with Crippen LogP contribution in [0.5, 0.6) is 0 Å². The van der Waals surface area contributed by atoms with Crippen molar-refractivity contribution in [2.24, 2.45) is 46.2 Å². The molecule has 5 heteroatoms. The van der Waals surface area contributed by atoms with Gasteiger partial charge < -0.3 is 10.8 Å². The molecular weight excluding hydrogens is 364 g/mol. The minimum absolute atomic E-state index is 0.108. The standard InChI is InChI=1S/C24H40N2O3/c1-22(2,14-25)29-26-16-7-9-23(3)19-8-10-24(4)18(5-6-21(24)28)17(19)11-15(13-27)20(23)12-16/h12,15,17-20,26-27H,5-11,13-14,25H2,1-4H3/t15-,17+,18+,19+,20?,23-,24+/m1/s1. The van der Waals surface area contributed by atoms with Gasteiger partial charge in [0.15, 0.2) is 0 Å². The summed E-state index contributed by atoms with van der Waals surface area (Å²) in [6.07, 6.45) is 9.49. The summed E-state index contributed by atoms with van der Waals surface area (Å²) in [6.45, 7) is 9.32. The Labute approximate surface area is 175 Å². The van der Waals surface area contributed by atoms with E-state index in [0.29, 0.717) is 36.0 Å². The lowest BCUT2D eigenvalue weighted by Crippen LogP contribution is -2.56. The number of aliphatic hydroxyl groups excluding tert-OH is 1. The van der Waals surface area contributed by atoms with Crippen molar-refractivity contribution >= 4 is 5.78 Å². The van der Waals surface area contributed by atoms with Gasteiger partial charge >= 0.3 is 0 Å². The third-order valence-corrected chi connectivity index (χ3v) is 9.34. The van der Waals surface area contributed by atoms with Crippen molar-refractivity contribution in [3.8, 4) is 0 Å². The quantitative estimate of drug-likeness (QED) is 0.610. The molecule has 4 aliphatic rings. The molecule has 0 aromatic carbocycles. The van der Waals surface area contributed by atoms with Crippen LogP contribution in [0.25, 0.3) is 0 Å². The van der Waals surface area contributed by atoms with Gasteiger partial charge in [-0.25, -0.2) is 0 Å². The van der Waals surface area contributed by atoms with Crippen LogP contribution < -0.4 is 11.2 Å². The molecule has 1 unspecified atom stereocenters. The average Bonchev–Trinajstić information content (AvgIpc) is 3.00. The van der Waals surface area contributed by atoms with Gasteiger partial charge in [-0.05, 0) is 87.4 Å². The molecule has 0 saturated heterocycles. The van der Waals surface area contributed by atoms with Gasteiger partial charge in [-0.1, -0.05) is 19.9 Å². The predicted molar refractivity (Wildman–Crippen MR) is 114 cm³/mol. The Balaban J connectivity index is 1.58. The van der Waals surface area contributed by atoms with E-state index in [4.69, 9.17) is 10.6 Å². The fraction of sp³-hybridized carbons (Fsp3) is 0.875. The molecule has 3 saturated carbocycles. The summed E-state index contributed by atoms with van der Waals surface area (Å²) in [6, 6.07) is 0. The summed E-state index contributed by atoms with van der Waals surface area (Å²) in [5.74, 6) is 2.85. The van der Waals surface area contributed by atoms with Gasteiger partial charge in [-0.3, -0.25) is 15.1 Å². The maximum absolute atomic E-state index is 12.6. The number of hydrogen-bond acceptors (Lipinski definition) is 5. The highest BCUT2D eigenvalue weighted by atomic mass is 16.7. The summed E-state index contributed by atoms with van der Waals surface area (Å²) in [4.78, 5) is 18.5. The molecule has 4 rings (SSSR count). The number of allylic oxidation sites excluding steroid dienone is 2. The highest BCUT2D eigenvalue weighted by Gasteiger charge is 2.61. The second kappa shape index (κ2) is 7.35. The Morgan fingerprint density at radius 3 is 2.69 bits per heavy atom. The van der Waals surface area contributed by atoms with Crippen LogP contribution in [0.3, 0.4) is 0 Å². The molecule has 0 aromatic heterocycles. The monoisotopic (exact) mass is 404 g/mol. The van der Waals surface area contributed by atoms with Crippen molar-refractivity contribution in [3.63, 3.8) is 0 Å². The van der Waals surface area contributed by atoms with E-state index in [2.05, 4.69) is 25.4 Å². The first-order valence-electron chi connectivity index (χ1n) is 11.6. The lowest BCUT2D eigenvalue weighted by atomic mass is 9.44. The highest BCUT2D eigenvalue weighted by molar-refractivity contribution is 5.87. The molecule has 5 nitrogen and oxygen atoms in total. The minimum atomic E-state index is -0.404. The Morgan fingerprint density at radius 2 is 2.00 bits per heavy atom. The van der Waals surface area contributed by atoms with Gasteiger partial charge in [0.25, 0.3) is 0 Å². The summed E-state index contributed by atoms with van der Waals surface area (Å²) in [7, 11) is 0. The molecule has 4 aliphatic carbocycles. The zero-order chi connectivity index (χ0) is 21.0. The molecule has 0 heterocycles. The third kappa shape index (κ3) is 3.37. The van der Waals surface area contributed by atoms with Crippen molar-refractivity contribution < 1.29 is 14.7 Å².